The number of nitrogens with one attached hydrogen (secondary N) is 1. The summed E-state index contributed by atoms with van der Waals surface area (Å²) >= 11 is 0. The van der Waals surface area contributed by atoms with Crippen LogP contribution in [0.2, 0.25) is 0 Å². The van der Waals surface area contributed by atoms with Crippen LogP contribution in [0.3, 0.4) is 0 Å². The van der Waals surface area contributed by atoms with Crippen LogP contribution in [0.1, 0.15) is 49.0 Å². The lowest BCUT2D eigenvalue weighted by Gasteiger charge is -2.34. The molecule has 2 fully saturated rings. The van der Waals surface area contributed by atoms with Gasteiger partial charge in [0.1, 0.15) is 11.6 Å². The first-order valence-corrected chi connectivity index (χ1v) is 10.7. The molecule has 28 heavy (non-hydrogen) atoms. The van der Waals surface area contributed by atoms with Gasteiger partial charge in [0.05, 0.1) is 12.6 Å². The van der Waals surface area contributed by atoms with Gasteiger partial charge in [-0.2, -0.15) is 0 Å². The van der Waals surface area contributed by atoms with Crippen LogP contribution in [0.15, 0.2) is 30.3 Å². The number of piperidine rings is 2. The molecule has 0 saturated carbocycles. The molecule has 2 saturated heterocycles. The molecule has 0 bridgehead atoms. The van der Waals surface area contributed by atoms with Gasteiger partial charge >= 0.3 is 0 Å². The molecule has 4 rings (SSSR count). The molecule has 0 unspecified atom stereocenters. The van der Waals surface area contributed by atoms with E-state index in [1.54, 1.807) is 0 Å². The number of likely N-dealkylation sites (tertiary alicyclic amines) is 1. The van der Waals surface area contributed by atoms with Crippen molar-refractivity contribution < 1.29 is 5.11 Å². The maximum Gasteiger partial charge on any atom is 0.146 e. The number of aliphatic hydroxyl groups excluding tert-OH is 1. The summed E-state index contributed by atoms with van der Waals surface area (Å²) in [6.07, 6.45) is 5.20. The molecule has 1 aromatic heterocycles. The van der Waals surface area contributed by atoms with Crippen LogP contribution in [-0.4, -0.2) is 50.9 Å². The Hall–Kier alpha value is -1.76. The van der Waals surface area contributed by atoms with Crippen molar-refractivity contribution >= 4 is 0 Å². The molecule has 0 spiro atoms. The number of rotatable bonds is 6. The van der Waals surface area contributed by atoms with Gasteiger partial charge < -0.3 is 15.0 Å². The molecule has 0 aliphatic carbocycles. The summed E-state index contributed by atoms with van der Waals surface area (Å²) in [5.41, 5.74) is 1.04. The summed E-state index contributed by atoms with van der Waals surface area (Å²) in [6.45, 7) is 5.11. The van der Waals surface area contributed by atoms with E-state index >= 15 is 0 Å². The van der Waals surface area contributed by atoms with Crippen molar-refractivity contribution in [3.63, 3.8) is 0 Å². The van der Waals surface area contributed by atoms with Crippen LogP contribution in [0.4, 0.5) is 0 Å². The molecule has 3 heterocycles. The highest BCUT2D eigenvalue weighted by molar-refractivity contribution is 5.18. The third kappa shape index (κ3) is 4.62. The molecule has 6 heteroatoms. The van der Waals surface area contributed by atoms with Crippen molar-refractivity contribution in [1.82, 2.24) is 25.0 Å². The summed E-state index contributed by atoms with van der Waals surface area (Å²) < 4.78 is 2.20. The Morgan fingerprint density at radius 2 is 1.71 bits per heavy atom. The minimum Gasteiger partial charge on any atom is -0.388 e. The fourth-order valence-electron chi connectivity index (χ4n) is 4.61. The van der Waals surface area contributed by atoms with Crippen LogP contribution in [-0.2, 0) is 20.0 Å². The fourth-order valence-corrected chi connectivity index (χ4v) is 4.61. The van der Waals surface area contributed by atoms with E-state index in [9.17, 15) is 5.11 Å². The largest absolute Gasteiger partial charge is 0.388 e. The quantitative estimate of drug-likeness (QED) is 0.801. The van der Waals surface area contributed by atoms with Crippen LogP contribution in [0.5, 0.6) is 0 Å². The zero-order chi connectivity index (χ0) is 19.3. The predicted molar refractivity (Wildman–Crippen MR) is 110 cm³/mol. The van der Waals surface area contributed by atoms with Gasteiger partial charge in [-0.1, -0.05) is 30.3 Å². The van der Waals surface area contributed by atoms with Crippen molar-refractivity contribution in [1.29, 1.82) is 0 Å². The standard InChI is InChI=1S/C22H33N5O/c1-26-20(15-17-7-11-23-12-8-17)24-25-21(26)16-27-13-9-19(10-14-27)22(28)18-5-3-2-4-6-18/h2-6,17,19,22-23,28H,7-16H2,1H3/t22-/m1/s1. The summed E-state index contributed by atoms with van der Waals surface area (Å²) in [6, 6.07) is 10.1. The Balaban J connectivity index is 1.29. The number of hydrogen-bond acceptors (Lipinski definition) is 5. The molecule has 1 aromatic carbocycles. The predicted octanol–water partition coefficient (Wildman–Crippen LogP) is 2.30. The van der Waals surface area contributed by atoms with Crippen molar-refractivity contribution in [2.24, 2.45) is 18.9 Å². The van der Waals surface area contributed by atoms with Gasteiger partial charge in [-0.3, -0.25) is 4.90 Å². The van der Waals surface area contributed by atoms with Gasteiger partial charge in [0.25, 0.3) is 0 Å². The Bertz CT molecular complexity index is 733. The first-order chi connectivity index (χ1) is 13.7. The van der Waals surface area contributed by atoms with Gasteiger partial charge in [-0.25, -0.2) is 0 Å². The summed E-state index contributed by atoms with van der Waals surface area (Å²) in [4.78, 5) is 2.45. The SMILES string of the molecule is Cn1c(CC2CCNCC2)nnc1CN1CCC([C@H](O)c2ccccc2)CC1. The number of hydrogen-bond donors (Lipinski definition) is 2. The van der Waals surface area contributed by atoms with Crippen molar-refractivity contribution in [2.75, 3.05) is 26.2 Å². The summed E-state index contributed by atoms with van der Waals surface area (Å²) in [5.74, 6) is 3.25. The molecule has 0 radical (unpaired) electrons. The summed E-state index contributed by atoms with van der Waals surface area (Å²) in [5, 5.41) is 23.1. The zero-order valence-corrected chi connectivity index (χ0v) is 16.9. The second-order valence-corrected chi connectivity index (χ2v) is 8.46. The monoisotopic (exact) mass is 383 g/mol. The highest BCUT2D eigenvalue weighted by Crippen LogP contribution is 2.31. The van der Waals surface area contributed by atoms with Crippen molar-refractivity contribution in [3.05, 3.63) is 47.5 Å². The summed E-state index contributed by atoms with van der Waals surface area (Å²) in [7, 11) is 2.11. The second kappa shape index (κ2) is 9.16. The molecule has 152 valence electrons. The van der Waals surface area contributed by atoms with E-state index in [0.717, 1.165) is 75.1 Å². The number of benzene rings is 1. The molecule has 2 aliphatic rings. The Kier molecular flexibility index (Phi) is 6.40. The lowest BCUT2D eigenvalue weighted by Crippen LogP contribution is -2.36. The van der Waals surface area contributed by atoms with Gasteiger partial charge in [0.15, 0.2) is 0 Å². The Morgan fingerprint density at radius 1 is 1.04 bits per heavy atom. The van der Waals surface area contributed by atoms with Gasteiger partial charge in [-0.15, -0.1) is 10.2 Å². The number of aromatic nitrogens is 3. The van der Waals surface area contributed by atoms with Crippen LogP contribution >= 0.6 is 0 Å². The first kappa shape index (κ1) is 19.6. The second-order valence-electron chi connectivity index (χ2n) is 8.46. The van der Waals surface area contributed by atoms with E-state index in [4.69, 9.17) is 0 Å². The molecule has 2 N–H and O–H groups in total. The maximum absolute atomic E-state index is 10.7. The van der Waals surface area contributed by atoms with Crippen LogP contribution in [0.25, 0.3) is 0 Å². The highest BCUT2D eigenvalue weighted by atomic mass is 16.3. The van der Waals surface area contributed by atoms with Gasteiger partial charge in [0, 0.05) is 13.5 Å². The molecular weight excluding hydrogens is 350 g/mol. The van der Waals surface area contributed by atoms with Gasteiger partial charge in [0.2, 0.25) is 0 Å². The molecule has 2 aromatic rings. The molecule has 2 aliphatic heterocycles. The topological polar surface area (TPSA) is 66.2 Å². The molecule has 1 atom stereocenters. The van der Waals surface area contributed by atoms with Crippen LogP contribution < -0.4 is 5.32 Å². The first-order valence-electron chi connectivity index (χ1n) is 10.7. The van der Waals surface area contributed by atoms with E-state index in [-0.39, 0.29) is 6.10 Å². The smallest absolute Gasteiger partial charge is 0.146 e. The third-order valence-electron chi connectivity index (χ3n) is 6.57. The van der Waals surface area contributed by atoms with E-state index in [1.807, 2.05) is 30.3 Å². The number of aliphatic hydroxyl groups is 1. The number of nitrogens with zero attached hydrogens (tertiary/aromatic N) is 4. The Morgan fingerprint density at radius 3 is 2.43 bits per heavy atom. The molecule has 0 amide bonds. The zero-order valence-electron chi connectivity index (χ0n) is 16.9. The molecule has 6 nitrogen and oxygen atoms in total. The normalized spacial score (nSPS) is 21.1. The Labute approximate surface area is 168 Å². The van der Waals surface area contributed by atoms with E-state index in [0.29, 0.717) is 5.92 Å². The minimum atomic E-state index is -0.352. The lowest BCUT2D eigenvalue weighted by atomic mass is 9.87. The highest BCUT2D eigenvalue weighted by Gasteiger charge is 2.27. The van der Waals surface area contributed by atoms with E-state index < -0.39 is 0 Å². The fraction of sp³-hybridized carbons (Fsp3) is 0.636. The van der Waals surface area contributed by atoms with Crippen molar-refractivity contribution in [3.8, 4) is 0 Å². The average Bonchev–Trinajstić information content (AvgIpc) is 3.09. The van der Waals surface area contributed by atoms with Crippen molar-refractivity contribution in [2.45, 2.75) is 44.8 Å². The van der Waals surface area contributed by atoms with Crippen LogP contribution in [0, 0.1) is 11.8 Å². The van der Waals surface area contributed by atoms with E-state index in [1.165, 1.54) is 12.8 Å². The maximum atomic E-state index is 10.7. The van der Waals surface area contributed by atoms with E-state index in [2.05, 4.69) is 32.0 Å². The molecular formula is C22H33N5O. The minimum absolute atomic E-state index is 0.341. The van der Waals surface area contributed by atoms with Gasteiger partial charge in [-0.05, 0) is 69.3 Å². The average molecular weight is 384 g/mol. The lowest BCUT2D eigenvalue weighted by molar-refractivity contribution is 0.0558. The third-order valence-corrected chi connectivity index (χ3v) is 6.57.